The van der Waals surface area contributed by atoms with Crippen molar-refractivity contribution in [1.29, 1.82) is 0 Å². The average molecular weight is 668 g/mol. The number of fused-ring (bicyclic) bond motifs is 4. The van der Waals surface area contributed by atoms with Crippen LogP contribution >= 0.6 is 0 Å². The maximum absolute atomic E-state index is 9.37. The standard InChI is InChI=1S/4C10H8O.Zr/c4*11-10-7-3-5-8-4-1-2-6-9(8)10;/h4*1-7,11H;. The summed E-state index contributed by atoms with van der Waals surface area (Å²) in [4.78, 5) is 0. The van der Waals surface area contributed by atoms with Gasteiger partial charge in [0.05, 0.1) is 0 Å². The van der Waals surface area contributed by atoms with Gasteiger partial charge in [0, 0.05) is 47.7 Å². The van der Waals surface area contributed by atoms with E-state index in [2.05, 4.69) is 0 Å². The maximum Gasteiger partial charge on any atom is 0.123 e. The average Bonchev–Trinajstić information content (AvgIpc) is 3.07. The molecular formula is C40H32O4Zr. The van der Waals surface area contributed by atoms with E-state index >= 15 is 0 Å². The van der Waals surface area contributed by atoms with Crippen molar-refractivity contribution in [2.75, 3.05) is 0 Å². The molecule has 0 aliphatic heterocycles. The third kappa shape index (κ3) is 8.50. The fourth-order valence-electron chi connectivity index (χ4n) is 4.83. The molecule has 0 aliphatic carbocycles. The first-order valence-electron chi connectivity index (χ1n) is 14.2. The number of phenols is 4. The van der Waals surface area contributed by atoms with Crippen molar-refractivity contribution in [3.8, 4) is 23.0 Å². The molecule has 8 rings (SSSR count). The Morgan fingerprint density at radius 2 is 0.400 bits per heavy atom. The monoisotopic (exact) mass is 666 g/mol. The van der Waals surface area contributed by atoms with Crippen LogP contribution in [0.2, 0.25) is 0 Å². The largest absolute Gasteiger partial charge is 0.507 e. The zero-order chi connectivity index (χ0) is 30.7. The molecule has 0 aliphatic rings. The van der Waals surface area contributed by atoms with Gasteiger partial charge in [0.25, 0.3) is 0 Å². The minimum absolute atomic E-state index is 0. The van der Waals surface area contributed by atoms with Crippen molar-refractivity contribution in [2.24, 2.45) is 0 Å². The Labute approximate surface area is 281 Å². The summed E-state index contributed by atoms with van der Waals surface area (Å²) in [5.41, 5.74) is 0. The molecule has 4 N–H and O–H groups in total. The molecule has 0 radical (unpaired) electrons. The quantitative estimate of drug-likeness (QED) is 0.130. The van der Waals surface area contributed by atoms with E-state index in [0.717, 1.165) is 43.1 Å². The molecular weight excluding hydrogens is 636 g/mol. The van der Waals surface area contributed by atoms with Crippen molar-refractivity contribution >= 4 is 43.1 Å². The molecule has 5 heteroatoms. The Hall–Kier alpha value is -5.12. The molecule has 4 nitrogen and oxygen atoms in total. The second-order valence-electron chi connectivity index (χ2n) is 9.99. The molecule has 220 valence electrons. The summed E-state index contributed by atoms with van der Waals surface area (Å²) >= 11 is 0. The van der Waals surface area contributed by atoms with Crippen molar-refractivity contribution in [1.82, 2.24) is 0 Å². The van der Waals surface area contributed by atoms with Crippen LogP contribution < -0.4 is 0 Å². The van der Waals surface area contributed by atoms with E-state index in [9.17, 15) is 20.4 Å². The van der Waals surface area contributed by atoms with Crippen LogP contribution in [0, 0.1) is 0 Å². The van der Waals surface area contributed by atoms with Gasteiger partial charge in [0.1, 0.15) is 23.0 Å². The SMILES string of the molecule is Oc1cccc2ccccc12.Oc1cccc2ccccc12.Oc1cccc2ccccc12.Oc1cccc2ccccc12.[Zr]. The van der Waals surface area contributed by atoms with Crippen LogP contribution in [0.1, 0.15) is 0 Å². The molecule has 0 amide bonds. The van der Waals surface area contributed by atoms with Gasteiger partial charge in [0.2, 0.25) is 0 Å². The van der Waals surface area contributed by atoms with Crippen molar-refractivity contribution in [2.45, 2.75) is 0 Å². The van der Waals surface area contributed by atoms with E-state index in [1.807, 2.05) is 146 Å². The smallest absolute Gasteiger partial charge is 0.123 e. The van der Waals surface area contributed by atoms with Crippen molar-refractivity contribution in [3.63, 3.8) is 0 Å². The predicted octanol–water partition coefficient (Wildman–Crippen LogP) is 10.2. The van der Waals surface area contributed by atoms with Crippen LogP contribution in [0.3, 0.4) is 0 Å². The Balaban J connectivity index is 0.000000136. The van der Waals surface area contributed by atoms with Crippen LogP contribution in [-0.2, 0) is 26.2 Å². The zero-order valence-electron chi connectivity index (χ0n) is 24.5. The molecule has 0 spiro atoms. The fourth-order valence-corrected chi connectivity index (χ4v) is 4.83. The van der Waals surface area contributed by atoms with Gasteiger partial charge >= 0.3 is 0 Å². The predicted molar refractivity (Wildman–Crippen MR) is 182 cm³/mol. The van der Waals surface area contributed by atoms with Gasteiger partial charge in [-0.15, -0.1) is 0 Å². The Morgan fingerprint density at radius 3 is 0.600 bits per heavy atom. The molecule has 8 aromatic rings. The minimum atomic E-state index is 0. The van der Waals surface area contributed by atoms with Crippen LogP contribution in [0.4, 0.5) is 0 Å². The maximum atomic E-state index is 9.37. The Kier molecular flexibility index (Phi) is 11.7. The first-order valence-corrected chi connectivity index (χ1v) is 14.2. The van der Waals surface area contributed by atoms with Gasteiger partial charge in [0.15, 0.2) is 0 Å². The first kappa shape index (κ1) is 32.8. The van der Waals surface area contributed by atoms with Crippen LogP contribution in [0.15, 0.2) is 170 Å². The van der Waals surface area contributed by atoms with Gasteiger partial charge < -0.3 is 20.4 Å². The third-order valence-electron chi connectivity index (χ3n) is 7.07. The molecule has 0 unspecified atom stereocenters. The van der Waals surface area contributed by atoms with Crippen LogP contribution in [-0.4, -0.2) is 20.4 Å². The van der Waals surface area contributed by atoms with Crippen molar-refractivity contribution < 1.29 is 46.6 Å². The number of hydrogen-bond donors (Lipinski definition) is 4. The topological polar surface area (TPSA) is 80.9 Å². The van der Waals surface area contributed by atoms with E-state index < -0.39 is 0 Å². The van der Waals surface area contributed by atoms with Crippen molar-refractivity contribution in [3.05, 3.63) is 170 Å². The Morgan fingerprint density at radius 1 is 0.222 bits per heavy atom. The van der Waals surface area contributed by atoms with E-state index in [4.69, 9.17) is 0 Å². The first-order chi connectivity index (χ1) is 21.5. The third-order valence-corrected chi connectivity index (χ3v) is 7.07. The summed E-state index contributed by atoms with van der Waals surface area (Å²) in [5, 5.41) is 45.4. The molecule has 0 heterocycles. The number of phenolic OH excluding ortho intramolecular Hbond substituents is 4. The molecule has 8 aromatic carbocycles. The van der Waals surface area contributed by atoms with Gasteiger partial charge in [-0.05, 0) is 45.8 Å². The Bertz CT molecular complexity index is 1810. The molecule has 0 atom stereocenters. The summed E-state index contributed by atoms with van der Waals surface area (Å²) in [7, 11) is 0. The van der Waals surface area contributed by atoms with E-state index in [-0.39, 0.29) is 26.2 Å². The summed E-state index contributed by atoms with van der Waals surface area (Å²) in [6.07, 6.45) is 0. The zero-order valence-corrected chi connectivity index (χ0v) is 26.9. The van der Waals surface area contributed by atoms with Gasteiger partial charge in [-0.3, -0.25) is 0 Å². The number of rotatable bonds is 0. The number of benzene rings is 8. The summed E-state index contributed by atoms with van der Waals surface area (Å²) in [6.45, 7) is 0. The molecule has 0 aromatic heterocycles. The molecule has 0 bridgehead atoms. The van der Waals surface area contributed by atoms with Gasteiger partial charge in [-0.25, -0.2) is 0 Å². The van der Waals surface area contributed by atoms with Gasteiger partial charge in [-0.2, -0.15) is 0 Å². The summed E-state index contributed by atoms with van der Waals surface area (Å²) in [6, 6.07) is 53.2. The van der Waals surface area contributed by atoms with E-state index in [0.29, 0.717) is 23.0 Å². The second-order valence-corrected chi connectivity index (χ2v) is 9.99. The molecule has 45 heavy (non-hydrogen) atoms. The normalized spacial score (nSPS) is 9.96. The minimum Gasteiger partial charge on any atom is -0.507 e. The number of aromatic hydroxyl groups is 4. The summed E-state index contributed by atoms with van der Waals surface area (Å²) < 4.78 is 0. The second kappa shape index (κ2) is 16.1. The fraction of sp³-hybridized carbons (Fsp3) is 0. The van der Waals surface area contributed by atoms with Gasteiger partial charge in [-0.1, -0.05) is 146 Å². The van der Waals surface area contributed by atoms with Crippen LogP contribution in [0.25, 0.3) is 43.1 Å². The van der Waals surface area contributed by atoms with E-state index in [1.54, 1.807) is 24.3 Å². The van der Waals surface area contributed by atoms with E-state index in [1.165, 1.54) is 0 Å². The molecule has 0 saturated carbocycles. The molecule has 0 fully saturated rings. The summed E-state index contributed by atoms with van der Waals surface area (Å²) in [5.74, 6) is 1.40. The number of hydrogen-bond acceptors (Lipinski definition) is 4. The molecule has 0 saturated heterocycles. The van der Waals surface area contributed by atoms with Crippen LogP contribution in [0.5, 0.6) is 23.0 Å².